The van der Waals surface area contributed by atoms with E-state index in [4.69, 9.17) is 11.6 Å². The fraction of sp³-hybridized carbons (Fsp3) is 0.267. The van der Waals surface area contributed by atoms with Crippen LogP contribution in [0.1, 0.15) is 25.7 Å². The third-order valence-corrected chi connectivity index (χ3v) is 5.79. The molecule has 2 heterocycles. The zero-order valence-electron chi connectivity index (χ0n) is 10.6. The number of aryl methyl sites for hydroxylation is 1. The first kappa shape index (κ1) is 14.1. The van der Waals surface area contributed by atoms with Gasteiger partial charge in [0.2, 0.25) is 0 Å². The van der Waals surface area contributed by atoms with E-state index in [0.29, 0.717) is 10.6 Å². The molecular weight excluding hydrogens is 315 g/mol. The number of fused-ring (bicyclic) bond motifs is 1. The summed E-state index contributed by atoms with van der Waals surface area (Å²) in [4.78, 5) is 14.3. The highest BCUT2D eigenvalue weighted by molar-refractivity contribution is 7.98. The fourth-order valence-corrected chi connectivity index (χ4v) is 4.68. The lowest BCUT2D eigenvalue weighted by atomic mass is 10.1. The Morgan fingerprint density at radius 2 is 2.20 bits per heavy atom. The first-order valence-corrected chi connectivity index (χ1v) is 8.65. The summed E-state index contributed by atoms with van der Waals surface area (Å²) in [7, 11) is 0. The van der Waals surface area contributed by atoms with Crippen LogP contribution in [0.3, 0.4) is 0 Å². The first-order chi connectivity index (χ1) is 9.63. The van der Waals surface area contributed by atoms with Crippen LogP contribution in [0, 0.1) is 5.82 Å². The van der Waals surface area contributed by atoms with Crippen molar-refractivity contribution in [3.05, 3.63) is 56.0 Å². The second-order valence-corrected chi connectivity index (χ2v) is 7.38. The largest absolute Gasteiger partial charge is 0.293 e. The van der Waals surface area contributed by atoms with E-state index in [9.17, 15) is 9.18 Å². The Morgan fingerprint density at radius 1 is 1.35 bits per heavy atom. The number of thiophene rings is 1. The smallest absolute Gasteiger partial charge is 0.177 e. The van der Waals surface area contributed by atoms with Crippen LogP contribution in [0.5, 0.6) is 0 Å². The molecule has 0 saturated carbocycles. The Balaban J connectivity index is 1.80. The Hall–Kier alpha value is -0.840. The van der Waals surface area contributed by atoms with Crippen LogP contribution in [0.25, 0.3) is 0 Å². The van der Waals surface area contributed by atoms with Crippen molar-refractivity contribution in [1.29, 1.82) is 0 Å². The van der Waals surface area contributed by atoms with Gasteiger partial charge in [0.05, 0.1) is 4.88 Å². The van der Waals surface area contributed by atoms with Gasteiger partial charge < -0.3 is 0 Å². The molecule has 0 saturated heterocycles. The van der Waals surface area contributed by atoms with Crippen LogP contribution in [0.4, 0.5) is 4.39 Å². The van der Waals surface area contributed by atoms with Crippen LogP contribution in [0.15, 0.2) is 24.3 Å². The average molecular weight is 327 g/mol. The van der Waals surface area contributed by atoms with Gasteiger partial charge in [0.25, 0.3) is 0 Å². The van der Waals surface area contributed by atoms with E-state index in [0.717, 1.165) is 22.8 Å². The van der Waals surface area contributed by atoms with Crippen LogP contribution in [-0.2, 0) is 18.6 Å². The van der Waals surface area contributed by atoms with E-state index in [2.05, 4.69) is 0 Å². The summed E-state index contributed by atoms with van der Waals surface area (Å²) in [6, 6.07) is 6.42. The van der Waals surface area contributed by atoms with Crippen molar-refractivity contribution in [2.75, 3.05) is 5.75 Å². The fourth-order valence-electron chi connectivity index (χ4n) is 2.21. The highest BCUT2D eigenvalue weighted by Crippen LogP contribution is 2.32. The van der Waals surface area contributed by atoms with Gasteiger partial charge in [-0.25, -0.2) is 4.39 Å². The summed E-state index contributed by atoms with van der Waals surface area (Å²) in [6.07, 6.45) is 1.13. The molecule has 1 aliphatic heterocycles. The molecule has 104 valence electrons. The third kappa shape index (κ3) is 2.92. The van der Waals surface area contributed by atoms with E-state index in [1.165, 1.54) is 16.5 Å². The van der Waals surface area contributed by atoms with Crippen molar-refractivity contribution in [2.45, 2.75) is 18.6 Å². The van der Waals surface area contributed by atoms with Crippen molar-refractivity contribution in [3.8, 4) is 0 Å². The molecule has 0 radical (unpaired) electrons. The minimum atomic E-state index is -0.414. The second-order valence-electron chi connectivity index (χ2n) is 4.70. The van der Waals surface area contributed by atoms with Crippen molar-refractivity contribution in [3.63, 3.8) is 0 Å². The molecule has 0 N–H and O–H groups in total. The SMILES string of the molecule is O=C(Cc1ccc(Cl)cc1F)c1cc2c(s1)CCSC2. The van der Waals surface area contributed by atoms with Gasteiger partial charge in [0.1, 0.15) is 5.82 Å². The summed E-state index contributed by atoms with van der Waals surface area (Å²) in [6.45, 7) is 0. The maximum absolute atomic E-state index is 13.7. The maximum atomic E-state index is 13.7. The number of hydrogen-bond donors (Lipinski definition) is 0. The molecule has 5 heteroatoms. The van der Waals surface area contributed by atoms with Crippen LogP contribution in [-0.4, -0.2) is 11.5 Å². The number of benzene rings is 1. The van der Waals surface area contributed by atoms with E-state index in [-0.39, 0.29) is 12.2 Å². The molecule has 1 aromatic carbocycles. The van der Waals surface area contributed by atoms with Crippen LogP contribution >= 0.6 is 34.7 Å². The lowest BCUT2D eigenvalue weighted by Gasteiger charge is -2.08. The summed E-state index contributed by atoms with van der Waals surface area (Å²) in [5.74, 6) is 1.67. The minimum Gasteiger partial charge on any atom is -0.293 e. The topological polar surface area (TPSA) is 17.1 Å². The molecule has 0 unspecified atom stereocenters. The quantitative estimate of drug-likeness (QED) is 0.757. The Kier molecular flexibility index (Phi) is 4.15. The third-order valence-electron chi connectivity index (χ3n) is 3.27. The normalized spacial score (nSPS) is 14.1. The van der Waals surface area contributed by atoms with Crippen LogP contribution < -0.4 is 0 Å². The molecule has 0 aliphatic carbocycles. The number of ketones is 1. The standard InChI is InChI=1S/C15H12ClFOS2/c16-11-2-1-9(12(17)7-11)5-13(18)15-6-10-8-19-4-3-14(10)20-15/h1-2,6-7H,3-5,8H2. The van der Waals surface area contributed by atoms with Gasteiger partial charge in [-0.2, -0.15) is 11.8 Å². The zero-order valence-corrected chi connectivity index (χ0v) is 13.0. The molecule has 1 aliphatic rings. The Labute approximate surface area is 130 Å². The van der Waals surface area contributed by atoms with Gasteiger partial charge in [0.15, 0.2) is 5.78 Å². The van der Waals surface area contributed by atoms with E-state index in [1.807, 2.05) is 17.8 Å². The van der Waals surface area contributed by atoms with E-state index < -0.39 is 5.82 Å². The molecule has 0 amide bonds. The molecule has 0 spiro atoms. The van der Waals surface area contributed by atoms with E-state index in [1.54, 1.807) is 23.5 Å². The molecule has 0 bridgehead atoms. The average Bonchev–Trinajstić information content (AvgIpc) is 2.86. The van der Waals surface area contributed by atoms with Gasteiger partial charge >= 0.3 is 0 Å². The van der Waals surface area contributed by atoms with Crippen LogP contribution in [0.2, 0.25) is 5.02 Å². The van der Waals surface area contributed by atoms with Crippen molar-refractivity contribution < 1.29 is 9.18 Å². The predicted octanol–water partition coefficient (Wildman–Crippen LogP) is 4.76. The first-order valence-electron chi connectivity index (χ1n) is 6.30. The van der Waals surface area contributed by atoms with E-state index >= 15 is 0 Å². The predicted molar refractivity (Wildman–Crippen MR) is 83.6 cm³/mol. The highest BCUT2D eigenvalue weighted by Gasteiger charge is 2.18. The monoisotopic (exact) mass is 326 g/mol. The zero-order chi connectivity index (χ0) is 14.1. The van der Waals surface area contributed by atoms with Crippen molar-refractivity contribution >= 4 is 40.5 Å². The van der Waals surface area contributed by atoms with Gasteiger partial charge in [0, 0.05) is 22.1 Å². The van der Waals surface area contributed by atoms with Crippen molar-refractivity contribution in [2.24, 2.45) is 0 Å². The van der Waals surface area contributed by atoms with Gasteiger partial charge in [-0.05, 0) is 41.5 Å². The van der Waals surface area contributed by atoms with Gasteiger partial charge in [-0.3, -0.25) is 4.79 Å². The molecule has 0 atom stereocenters. The number of carbonyl (C=O) groups is 1. The lowest BCUT2D eigenvalue weighted by molar-refractivity contribution is 0.0995. The Morgan fingerprint density at radius 3 is 2.95 bits per heavy atom. The molecule has 2 aromatic rings. The summed E-state index contributed by atoms with van der Waals surface area (Å²) in [5, 5.41) is 0.349. The summed E-state index contributed by atoms with van der Waals surface area (Å²) in [5.41, 5.74) is 1.67. The molecule has 0 fully saturated rings. The number of carbonyl (C=O) groups excluding carboxylic acids is 1. The molecule has 3 rings (SSSR count). The number of hydrogen-bond acceptors (Lipinski definition) is 3. The Bertz CT molecular complexity index is 642. The maximum Gasteiger partial charge on any atom is 0.177 e. The molecule has 1 nitrogen and oxygen atoms in total. The molecule has 20 heavy (non-hydrogen) atoms. The highest BCUT2D eigenvalue weighted by atomic mass is 35.5. The summed E-state index contributed by atoms with van der Waals surface area (Å²) >= 11 is 9.17. The molecule has 1 aromatic heterocycles. The minimum absolute atomic E-state index is 0.0179. The van der Waals surface area contributed by atoms with Gasteiger partial charge in [-0.1, -0.05) is 17.7 Å². The number of rotatable bonds is 3. The number of halogens is 2. The second kappa shape index (κ2) is 5.88. The number of thioether (sulfide) groups is 1. The lowest BCUT2D eigenvalue weighted by Crippen LogP contribution is -2.03. The molecular formula is C15H12ClFOS2. The summed E-state index contributed by atoms with van der Waals surface area (Å²) < 4.78 is 13.7. The number of Topliss-reactive ketones (excluding diaryl/α,β-unsaturated/α-hetero) is 1. The van der Waals surface area contributed by atoms with Crippen molar-refractivity contribution in [1.82, 2.24) is 0 Å². The van der Waals surface area contributed by atoms with Gasteiger partial charge in [-0.15, -0.1) is 11.3 Å².